The summed E-state index contributed by atoms with van der Waals surface area (Å²) >= 11 is 1.59. The van der Waals surface area contributed by atoms with Gasteiger partial charge < -0.3 is 14.6 Å². The normalized spacial score (nSPS) is 11.7. The third-order valence-electron chi connectivity index (χ3n) is 5.17. The van der Waals surface area contributed by atoms with Gasteiger partial charge in [-0.05, 0) is 42.8 Å². The second-order valence-electron chi connectivity index (χ2n) is 7.41. The summed E-state index contributed by atoms with van der Waals surface area (Å²) in [7, 11) is 1.60. The van der Waals surface area contributed by atoms with Crippen LogP contribution in [-0.4, -0.2) is 17.6 Å². The summed E-state index contributed by atoms with van der Waals surface area (Å²) in [6.45, 7) is 2.43. The number of halogens is 3. The van der Waals surface area contributed by atoms with Gasteiger partial charge in [0.1, 0.15) is 11.4 Å². The summed E-state index contributed by atoms with van der Waals surface area (Å²) in [5, 5.41) is 2.76. The van der Waals surface area contributed by atoms with Crippen LogP contribution in [0.3, 0.4) is 0 Å². The fraction of sp³-hybridized carbons (Fsp3) is 0.208. The Labute approximate surface area is 187 Å². The largest absolute Gasteiger partial charge is 0.496 e. The Morgan fingerprint density at radius 3 is 2.62 bits per heavy atom. The Kier molecular flexibility index (Phi) is 5.97. The smallest absolute Gasteiger partial charge is 0.416 e. The lowest BCUT2D eigenvalue weighted by Gasteiger charge is -2.14. The topological polar surface area (TPSA) is 43.3 Å². The van der Waals surface area contributed by atoms with Crippen LogP contribution in [0.5, 0.6) is 5.75 Å². The highest BCUT2D eigenvalue weighted by Gasteiger charge is 2.30. The summed E-state index contributed by atoms with van der Waals surface area (Å²) in [5.74, 6) is 0.370. The molecule has 0 aliphatic heterocycles. The highest BCUT2D eigenvalue weighted by molar-refractivity contribution is 7.19. The fourth-order valence-corrected chi connectivity index (χ4v) is 4.62. The van der Waals surface area contributed by atoms with E-state index in [4.69, 9.17) is 4.74 Å². The zero-order valence-corrected chi connectivity index (χ0v) is 18.3. The van der Waals surface area contributed by atoms with Gasteiger partial charge in [-0.2, -0.15) is 13.2 Å². The number of ether oxygens (including phenoxy) is 1. The highest BCUT2D eigenvalue weighted by Crippen LogP contribution is 2.31. The van der Waals surface area contributed by atoms with Crippen LogP contribution in [0.15, 0.2) is 60.7 Å². The standard InChI is InChI=1S/C24H21F3N2O2S/c1-15-10-19-22(32-15)12-20(29(19)14-17-7-3-4-9-21(17)31-2)23(30)28-13-16-6-5-8-18(11-16)24(25,26)27/h3-12H,13-14H2,1-2H3,(H,28,30). The fourth-order valence-electron chi connectivity index (χ4n) is 3.66. The molecule has 0 spiro atoms. The molecule has 0 bridgehead atoms. The van der Waals surface area contributed by atoms with E-state index in [9.17, 15) is 18.0 Å². The lowest BCUT2D eigenvalue weighted by atomic mass is 10.1. The Bertz CT molecular complexity index is 1270. The summed E-state index contributed by atoms with van der Waals surface area (Å²) in [4.78, 5) is 14.2. The molecule has 1 amide bonds. The van der Waals surface area contributed by atoms with Crippen molar-refractivity contribution >= 4 is 27.5 Å². The van der Waals surface area contributed by atoms with Crippen LogP contribution in [0.4, 0.5) is 13.2 Å². The van der Waals surface area contributed by atoms with Gasteiger partial charge in [-0.15, -0.1) is 11.3 Å². The second kappa shape index (κ2) is 8.70. The molecule has 2 aromatic carbocycles. The van der Waals surface area contributed by atoms with Crippen molar-refractivity contribution in [3.05, 3.63) is 87.9 Å². The molecule has 0 aliphatic rings. The molecular weight excluding hydrogens is 437 g/mol. The molecule has 32 heavy (non-hydrogen) atoms. The minimum Gasteiger partial charge on any atom is -0.496 e. The average molecular weight is 459 g/mol. The first-order chi connectivity index (χ1) is 15.3. The van der Waals surface area contributed by atoms with Crippen LogP contribution in [-0.2, 0) is 19.3 Å². The number of para-hydroxylation sites is 1. The number of hydrogen-bond acceptors (Lipinski definition) is 3. The first-order valence-corrected chi connectivity index (χ1v) is 10.7. The number of aromatic nitrogens is 1. The third kappa shape index (κ3) is 4.50. The minimum absolute atomic E-state index is 0.00469. The van der Waals surface area contributed by atoms with Crippen molar-refractivity contribution in [3.63, 3.8) is 0 Å². The van der Waals surface area contributed by atoms with E-state index in [1.54, 1.807) is 24.5 Å². The molecule has 4 rings (SSSR count). The average Bonchev–Trinajstić information content (AvgIpc) is 3.29. The minimum atomic E-state index is -4.42. The molecule has 2 aromatic heterocycles. The number of alkyl halides is 3. The molecule has 4 aromatic rings. The summed E-state index contributed by atoms with van der Waals surface area (Å²) in [5.41, 5.74) is 1.95. The van der Waals surface area contributed by atoms with E-state index in [0.29, 0.717) is 17.8 Å². The van der Waals surface area contributed by atoms with Gasteiger partial charge in [0.2, 0.25) is 0 Å². The number of benzene rings is 2. The molecule has 8 heteroatoms. The lowest BCUT2D eigenvalue weighted by molar-refractivity contribution is -0.137. The number of carbonyl (C=O) groups excluding carboxylic acids is 1. The SMILES string of the molecule is COc1ccccc1Cn1c(C(=O)NCc2cccc(C(F)(F)F)c2)cc2sc(C)cc21. The summed E-state index contributed by atoms with van der Waals surface area (Å²) < 4.78 is 47.2. The number of carbonyl (C=O) groups is 1. The quantitative estimate of drug-likeness (QED) is 0.384. The molecule has 4 nitrogen and oxygen atoms in total. The Morgan fingerprint density at radius 2 is 1.88 bits per heavy atom. The van der Waals surface area contributed by atoms with Crippen molar-refractivity contribution < 1.29 is 22.7 Å². The molecule has 0 atom stereocenters. The Balaban J connectivity index is 1.62. The maximum absolute atomic E-state index is 13.0. The first kappa shape index (κ1) is 22.0. The maximum atomic E-state index is 13.0. The van der Waals surface area contributed by atoms with Gasteiger partial charge in [0, 0.05) is 17.0 Å². The number of methoxy groups -OCH3 is 1. The summed E-state index contributed by atoms with van der Waals surface area (Å²) in [6, 6.07) is 16.4. The first-order valence-electron chi connectivity index (χ1n) is 9.92. The summed E-state index contributed by atoms with van der Waals surface area (Å²) in [6.07, 6.45) is -4.42. The Morgan fingerprint density at radius 1 is 1.09 bits per heavy atom. The number of rotatable bonds is 6. The molecule has 0 unspecified atom stereocenters. The van der Waals surface area contributed by atoms with E-state index in [1.807, 2.05) is 47.9 Å². The molecule has 2 heterocycles. The molecule has 166 valence electrons. The zero-order chi connectivity index (χ0) is 22.9. The van der Waals surface area contributed by atoms with Crippen molar-refractivity contribution in [1.29, 1.82) is 0 Å². The number of nitrogens with zero attached hydrogens (tertiary/aromatic N) is 1. The second-order valence-corrected chi connectivity index (χ2v) is 8.70. The predicted octanol–water partition coefficient (Wildman–Crippen LogP) is 6.02. The number of thiophene rings is 1. The maximum Gasteiger partial charge on any atom is 0.416 e. The highest BCUT2D eigenvalue weighted by atomic mass is 32.1. The van der Waals surface area contributed by atoms with Crippen LogP contribution < -0.4 is 10.1 Å². The van der Waals surface area contributed by atoms with Gasteiger partial charge in [0.05, 0.1) is 29.4 Å². The lowest BCUT2D eigenvalue weighted by Crippen LogP contribution is -2.26. The molecule has 0 fully saturated rings. The van der Waals surface area contributed by atoms with Gasteiger partial charge in [-0.1, -0.05) is 30.3 Å². The van der Waals surface area contributed by atoms with Gasteiger partial charge in [-0.3, -0.25) is 4.79 Å². The van der Waals surface area contributed by atoms with E-state index in [2.05, 4.69) is 5.32 Å². The molecule has 0 saturated heterocycles. The third-order valence-corrected chi connectivity index (χ3v) is 6.16. The monoisotopic (exact) mass is 458 g/mol. The molecule has 0 saturated carbocycles. The van der Waals surface area contributed by atoms with E-state index in [0.717, 1.165) is 38.5 Å². The molecular formula is C24H21F3N2O2S. The van der Waals surface area contributed by atoms with Crippen molar-refractivity contribution in [2.24, 2.45) is 0 Å². The van der Waals surface area contributed by atoms with Gasteiger partial charge in [0.15, 0.2) is 0 Å². The van der Waals surface area contributed by atoms with Crippen molar-refractivity contribution in [3.8, 4) is 5.75 Å². The van der Waals surface area contributed by atoms with Crippen LogP contribution in [0, 0.1) is 6.92 Å². The van der Waals surface area contributed by atoms with Gasteiger partial charge >= 0.3 is 6.18 Å². The van der Waals surface area contributed by atoms with Crippen LogP contribution >= 0.6 is 11.3 Å². The van der Waals surface area contributed by atoms with Crippen LogP contribution in [0.1, 0.15) is 32.1 Å². The van der Waals surface area contributed by atoms with E-state index in [1.165, 1.54) is 6.07 Å². The molecule has 1 N–H and O–H groups in total. The number of nitrogens with one attached hydrogen (secondary N) is 1. The van der Waals surface area contributed by atoms with Crippen LogP contribution in [0.25, 0.3) is 10.2 Å². The Hall–Kier alpha value is -3.26. The number of hydrogen-bond donors (Lipinski definition) is 1. The molecule has 0 aliphatic carbocycles. The van der Waals surface area contributed by atoms with Gasteiger partial charge in [-0.25, -0.2) is 0 Å². The number of aryl methyl sites for hydroxylation is 1. The number of amides is 1. The number of fused-ring (bicyclic) bond motifs is 1. The van der Waals surface area contributed by atoms with Crippen molar-refractivity contribution in [2.45, 2.75) is 26.2 Å². The van der Waals surface area contributed by atoms with Crippen LogP contribution in [0.2, 0.25) is 0 Å². The molecule has 0 radical (unpaired) electrons. The predicted molar refractivity (Wildman–Crippen MR) is 119 cm³/mol. The van der Waals surface area contributed by atoms with E-state index < -0.39 is 11.7 Å². The van der Waals surface area contributed by atoms with Gasteiger partial charge in [0.25, 0.3) is 5.91 Å². The van der Waals surface area contributed by atoms with E-state index >= 15 is 0 Å². The van der Waals surface area contributed by atoms with E-state index in [-0.39, 0.29) is 12.5 Å². The van der Waals surface area contributed by atoms with Crippen molar-refractivity contribution in [2.75, 3.05) is 7.11 Å². The van der Waals surface area contributed by atoms with Crippen molar-refractivity contribution in [1.82, 2.24) is 9.88 Å². The zero-order valence-electron chi connectivity index (χ0n) is 17.5.